The van der Waals surface area contributed by atoms with Gasteiger partial charge in [0.2, 0.25) is 0 Å². The molecule has 0 saturated carbocycles. The van der Waals surface area contributed by atoms with Crippen molar-refractivity contribution in [3.63, 3.8) is 0 Å². The molecular formula is C14H28N2O2. The maximum Gasteiger partial charge on any atom is 0.307 e. The van der Waals surface area contributed by atoms with Gasteiger partial charge in [0.05, 0.1) is 6.42 Å². The number of nitrogens with zero attached hydrogens (tertiary/aromatic N) is 1. The Balaban J connectivity index is 2.40. The third kappa shape index (κ3) is 5.36. The monoisotopic (exact) mass is 256 g/mol. The van der Waals surface area contributed by atoms with Crippen molar-refractivity contribution in [3.8, 4) is 0 Å². The molecule has 2 unspecified atom stereocenters. The zero-order valence-electron chi connectivity index (χ0n) is 12.5. The molecule has 1 aliphatic heterocycles. The van der Waals surface area contributed by atoms with E-state index in [4.69, 9.17) is 4.74 Å². The minimum Gasteiger partial charge on any atom is -0.460 e. The molecule has 1 heterocycles. The maximum absolute atomic E-state index is 11.8. The van der Waals surface area contributed by atoms with E-state index in [1.165, 1.54) is 12.8 Å². The molecule has 0 spiro atoms. The lowest BCUT2D eigenvalue weighted by Crippen LogP contribution is -2.48. The van der Waals surface area contributed by atoms with E-state index in [1.54, 1.807) is 0 Å². The number of nitrogens with one attached hydrogen (secondary N) is 1. The van der Waals surface area contributed by atoms with Crippen molar-refractivity contribution in [1.82, 2.24) is 10.2 Å². The Morgan fingerprint density at radius 2 is 2.17 bits per heavy atom. The molecule has 0 aromatic heterocycles. The Hall–Kier alpha value is -0.610. The second-order valence-corrected chi connectivity index (χ2v) is 6.26. The van der Waals surface area contributed by atoms with Gasteiger partial charge in [-0.15, -0.1) is 0 Å². The third-order valence-electron chi connectivity index (χ3n) is 3.37. The van der Waals surface area contributed by atoms with E-state index < -0.39 is 0 Å². The fraction of sp³-hybridized carbons (Fsp3) is 0.929. The second-order valence-electron chi connectivity index (χ2n) is 6.26. The molecule has 0 bridgehead atoms. The molecular weight excluding hydrogens is 228 g/mol. The number of hydrogen-bond acceptors (Lipinski definition) is 4. The van der Waals surface area contributed by atoms with Crippen LogP contribution in [0, 0.1) is 0 Å². The Bertz CT molecular complexity index is 273. The highest BCUT2D eigenvalue weighted by atomic mass is 16.6. The first-order chi connectivity index (χ1) is 8.31. The van der Waals surface area contributed by atoms with Gasteiger partial charge < -0.3 is 10.1 Å². The second kappa shape index (κ2) is 6.53. The van der Waals surface area contributed by atoms with Crippen molar-refractivity contribution in [2.45, 2.75) is 64.6 Å². The minimum atomic E-state index is -0.383. The number of hydrogen-bond donors (Lipinski definition) is 1. The van der Waals surface area contributed by atoms with Crippen molar-refractivity contribution >= 4 is 5.97 Å². The number of likely N-dealkylation sites (tertiary alicyclic amines) is 1. The molecule has 0 aliphatic carbocycles. The van der Waals surface area contributed by atoms with Gasteiger partial charge in [-0.05, 0) is 54.1 Å². The predicted molar refractivity (Wildman–Crippen MR) is 73.6 cm³/mol. The first-order valence-electron chi connectivity index (χ1n) is 6.95. The van der Waals surface area contributed by atoms with Gasteiger partial charge in [-0.25, -0.2) is 0 Å². The van der Waals surface area contributed by atoms with Crippen LogP contribution in [-0.4, -0.2) is 48.7 Å². The third-order valence-corrected chi connectivity index (χ3v) is 3.37. The summed E-state index contributed by atoms with van der Waals surface area (Å²) in [5.41, 5.74) is -0.383. The molecule has 1 aliphatic rings. The van der Waals surface area contributed by atoms with Crippen molar-refractivity contribution in [2.75, 3.05) is 20.1 Å². The van der Waals surface area contributed by atoms with Gasteiger partial charge >= 0.3 is 5.97 Å². The number of carbonyl (C=O) groups excluding carboxylic acids is 1. The summed E-state index contributed by atoms with van der Waals surface area (Å²) in [7, 11) is 2.01. The highest BCUT2D eigenvalue weighted by Gasteiger charge is 2.25. The van der Waals surface area contributed by atoms with Gasteiger partial charge in [0.25, 0.3) is 0 Å². The average molecular weight is 256 g/mol. The summed E-state index contributed by atoms with van der Waals surface area (Å²) in [6.07, 6.45) is 2.91. The molecule has 1 N–H and O–H groups in total. The van der Waals surface area contributed by atoms with Gasteiger partial charge in [-0.3, -0.25) is 9.69 Å². The molecule has 4 nitrogen and oxygen atoms in total. The molecule has 0 aromatic rings. The molecule has 0 aromatic carbocycles. The number of ether oxygens (including phenoxy) is 1. The molecule has 1 saturated heterocycles. The normalized spacial score (nSPS) is 23.7. The van der Waals surface area contributed by atoms with Gasteiger partial charge in [0.15, 0.2) is 0 Å². The molecule has 18 heavy (non-hydrogen) atoms. The fourth-order valence-corrected chi connectivity index (χ4v) is 2.40. The van der Waals surface area contributed by atoms with E-state index >= 15 is 0 Å². The number of carbonyl (C=O) groups is 1. The van der Waals surface area contributed by atoms with E-state index in [1.807, 2.05) is 27.8 Å². The molecule has 0 radical (unpaired) electrons. The summed E-state index contributed by atoms with van der Waals surface area (Å²) in [5.74, 6) is -0.0958. The van der Waals surface area contributed by atoms with Crippen LogP contribution in [0.5, 0.6) is 0 Å². The molecule has 1 rings (SSSR count). The van der Waals surface area contributed by atoms with E-state index in [0.29, 0.717) is 12.5 Å². The SMILES string of the molecule is CNC1CCCN(C(C)CC(=O)OC(C)(C)C)C1. The van der Waals surface area contributed by atoms with Gasteiger partial charge in [0, 0.05) is 18.6 Å². The number of likely N-dealkylation sites (N-methyl/N-ethyl adjacent to an activating group) is 1. The lowest BCUT2D eigenvalue weighted by molar-refractivity contribution is -0.156. The standard InChI is InChI=1S/C14H28N2O2/c1-11(9-13(17)18-14(2,3)4)16-8-6-7-12(10-16)15-5/h11-12,15H,6-10H2,1-5H3. The Kier molecular flexibility index (Phi) is 5.60. The van der Waals surface area contributed by atoms with E-state index in [2.05, 4.69) is 17.1 Å². The average Bonchev–Trinajstić information content (AvgIpc) is 2.26. The van der Waals surface area contributed by atoms with Gasteiger partial charge in [-0.1, -0.05) is 0 Å². The van der Waals surface area contributed by atoms with E-state index in [-0.39, 0.29) is 17.6 Å². The summed E-state index contributed by atoms with van der Waals surface area (Å²) in [5, 5.41) is 3.32. The van der Waals surface area contributed by atoms with Crippen molar-refractivity contribution < 1.29 is 9.53 Å². The summed E-state index contributed by atoms with van der Waals surface area (Å²) in [6, 6.07) is 0.816. The Morgan fingerprint density at radius 1 is 1.50 bits per heavy atom. The van der Waals surface area contributed by atoms with Crippen LogP contribution in [0.4, 0.5) is 0 Å². The Labute approximate surface area is 111 Å². The highest BCUT2D eigenvalue weighted by Crippen LogP contribution is 2.16. The topological polar surface area (TPSA) is 41.6 Å². The largest absolute Gasteiger partial charge is 0.460 e. The van der Waals surface area contributed by atoms with Crippen molar-refractivity contribution in [1.29, 1.82) is 0 Å². The van der Waals surface area contributed by atoms with Crippen molar-refractivity contribution in [3.05, 3.63) is 0 Å². The van der Waals surface area contributed by atoms with Crippen LogP contribution in [0.3, 0.4) is 0 Å². The van der Waals surface area contributed by atoms with Crippen LogP contribution in [0.1, 0.15) is 47.0 Å². The van der Waals surface area contributed by atoms with Crippen LogP contribution in [0.25, 0.3) is 0 Å². The van der Waals surface area contributed by atoms with Crippen LogP contribution in [-0.2, 0) is 9.53 Å². The zero-order valence-corrected chi connectivity index (χ0v) is 12.5. The van der Waals surface area contributed by atoms with Crippen molar-refractivity contribution in [2.24, 2.45) is 0 Å². The maximum atomic E-state index is 11.8. The molecule has 1 fully saturated rings. The minimum absolute atomic E-state index is 0.0958. The van der Waals surface area contributed by atoms with E-state index in [0.717, 1.165) is 13.1 Å². The fourth-order valence-electron chi connectivity index (χ4n) is 2.40. The highest BCUT2D eigenvalue weighted by molar-refractivity contribution is 5.70. The summed E-state index contributed by atoms with van der Waals surface area (Å²) in [6.45, 7) is 9.96. The van der Waals surface area contributed by atoms with E-state index in [9.17, 15) is 4.79 Å². The lowest BCUT2D eigenvalue weighted by atomic mass is 10.0. The Morgan fingerprint density at radius 3 is 2.72 bits per heavy atom. The number of esters is 1. The summed E-state index contributed by atoms with van der Waals surface area (Å²) in [4.78, 5) is 14.2. The lowest BCUT2D eigenvalue weighted by Gasteiger charge is -2.36. The summed E-state index contributed by atoms with van der Waals surface area (Å²) < 4.78 is 5.37. The van der Waals surface area contributed by atoms with Gasteiger partial charge in [0.1, 0.15) is 5.60 Å². The molecule has 4 heteroatoms. The molecule has 2 atom stereocenters. The summed E-state index contributed by atoms with van der Waals surface area (Å²) >= 11 is 0. The van der Waals surface area contributed by atoms with Gasteiger partial charge in [-0.2, -0.15) is 0 Å². The van der Waals surface area contributed by atoms with Crippen LogP contribution in [0.15, 0.2) is 0 Å². The quantitative estimate of drug-likeness (QED) is 0.779. The predicted octanol–water partition coefficient (Wildman–Crippen LogP) is 1.79. The molecule has 106 valence electrons. The number of piperidine rings is 1. The molecule has 0 amide bonds. The van der Waals surface area contributed by atoms with Crippen LogP contribution < -0.4 is 5.32 Å². The first-order valence-corrected chi connectivity index (χ1v) is 6.95. The van der Waals surface area contributed by atoms with Crippen LogP contribution in [0.2, 0.25) is 0 Å². The van der Waals surface area contributed by atoms with Crippen LogP contribution >= 0.6 is 0 Å². The zero-order chi connectivity index (χ0) is 13.8. The number of rotatable bonds is 4. The first kappa shape index (κ1) is 15.4. The smallest absolute Gasteiger partial charge is 0.307 e.